The molecule has 1 saturated heterocycles. The summed E-state index contributed by atoms with van der Waals surface area (Å²) in [6.45, 7) is 6.78. The van der Waals surface area contributed by atoms with Crippen molar-refractivity contribution in [2.24, 2.45) is 4.99 Å². The Hall–Kier alpha value is -1.30. The van der Waals surface area contributed by atoms with Gasteiger partial charge in [0.2, 0.25) is 0 Å². The van der Waals surface area contributed by atoms with Crippen LogP contribution in [-0.4, -0.2) is 56.9 Å². The van der Waals surface area contributed by atoms with Crippen molar-refractivity contribution in [2.45, 2.75) is 38.8 Å². The average Bonchev–Trinajstić information content (AvgIpc) is 3.12. The maximum Gasteiger partial charge on any atom is 0.193 e. The summed E-state index contributed by atoms with van der Waals surface area (Å²) in [5.74, 6) is 0.913. The molecule has 140 valence electrons. The van der Waals surface area contributed by atoms with E-state index in [1.165, 1.54) is 5.56 Å². The van der Waals surface area contributed by atoms with Gasteiger partial charge in [0.15, 0.2) is 5.96 Å². The minimum atomic E-state index is 0.298. The lowest BCUT2D eigenvalue weighted by Crippen LogP contribution is -2.38. The van der Waals surface area contributed by atoms with E-state index in [0.717, 1.165) is 63.1 Å². The first-order valence-corrected chi connectivity index (χ1v) is 9.50. The van der Waals surface area contributed by atoms with Crippen molar-refractivity contribution < 1.29 is 9.47 Å². The predicted molar refractivity (Wildman–Crippen MR) is 103 cm³/mol. The summed E-state index contributed by atoms with van der Waals surface area (Å²) >= 11 is 5.94. The largest absolute Gasteiger partial charge is 0.379 e. The van der Waals surface area contributed by atoms with E-state index in [1.807, 2.05) is 31.3 Å². The fourth-order valence-electron chi connectivity index (χ4n) is 2.75. The van der Waals surface area contributed by atoms with Gasteiger partial charge in [-0.2, -0.15) is 0 Å². The predicted octanol–water partition coefficient (Wildman–Crippen LogP) is 3.32. The van der Waals surface area contributed by atoms with E-state index < -0.39 is 0 Å². The van der Waals surface area contributed by atoms with Crippen molar-refractivity contribution in [3.63, 3.8) is 0 Å². The normalized spacial score (nSPS) is 17.7. The van der Waals surface area contributed by atoms with Crippen LogP contribution in [0.1, 0.15) is 31.7 Å². The van der Waals surface area contributed by atoms with Crippen molar-refractivity contribution in [3.05, 3.63) is 34.9 Å². The molecule has 1 N–H and O–H groups in total. The number of guanidine groups is 1. The molecule has 0 saturated carbocycles. The summed E-state index contributed by atoms with van der Waals surface area (Å²) in [4.78, 5) is 6.82. The van der Waals surface area contributed by atoms with Gasteiger partial charge in [0.1, 0.15) is 0 Å². The molecule has 2 rings (SSSR count). The number of hydrogen-bond donors (Lipinski definition) is 1. The lowest BCUT2D eigenvalue weighted by atomic mass is 10.2. The second-order valence-electron chi connectivity index (χ2n) is 6.28. The Morgan fingerprint density at radius 2 is 2.20 bits per heavy atom. The molecular formula is C19H30ClN3O2. The average molecular weight is 368 g/mol. The van der Waals surface area contributed by atoms with Crippen LogP contribution in [0.15, 0.2) is 29.3 Å². The molecule has 1 aromatic rings. The van der Waals surface area contributed by atoms with Crippen molar-refractivity contribution >= 4 is 17.6 Å². The van der Waals surface area contributed by atoms with E-state index in [1.54, 1.807) is 0 Å². The lowest BCUT2D eigenvalue weighted by molar-refractivity contribution is 0.0170. The minimum absolute atomic E-state index is 0.298. The van der Waals surface area contributed by atoms with Gasteiger partial charge in [0, 0.05) is 44.9 Å². The third-order valence-corrected chi connectivity index (χ3v) is 4.32. The van der Waals surface area contributed by atoms with Crippen LogP contribution in [0.3, 0.4) is 0 Å². The quantitative estimate of drug-likeness (QED) is 0.413. The fourth-order valence-corrected chi connectivity index (χ4v) is 2.88. The lowest BCUT2D eigenvalue weighted by Gasteiger charge is -2.22. The van der Waals surface area contributed by atoms with Crippen molar-refractivity contribution in [1.82, 2.24) is 10.2 Å². The van der Waals surface area contributed by atoms with E-state index in [2.05, 4.69) is 17.1 Å². The molecule has 1 atom stereocenters. The van der Waals surface area contributed by atoms with Crippen LogP contribution >= 0.6 is 11.6 Å². The Labute approximate surface area is 156 Å². The van der Waals surface area contributed by atoms with Crippen LogP contribution in [0, 0.1) is 0 Å². The second kappa shape index (κ2) is 11.3. The number of hydrogen-bond acceptors (Lipinski definition) is 3. The van der Waals surface area contributed by atoms with Crippen molar-refractivity contribution in [3.8, 4) is 0 Å². The van der Waals surface area contributed by atoms with Gasteiger partial charge in [-0.05, 0) is 43.9 Å². The summed E-state index contributed by atoms with van der Waals surface area (Å²) in [6, 6.07) is 7.92. The van der Waals surface area contributed by atoms with Crippen LogP contribution in [0.5, 0.6) is 0 Å². The van der Waals surface area contributed by atoms with E-state index >= 15 is 0 Å². The Morgan fingerprint density at radius 3 is 2.88 bits per heavy atom. The number of nitrogens with zero attached hydrogens (tertiary/aromatic N) is 2. The third kappa shape index (κ3) is 7.63. The van der Waals surface area contributed by atoms with E-state index in [-0.39, 0.29) is 0 Å². The second-order valence-corrected chi connectivity index (χ2v) is 6.72. The van der Waals surface area contributed by atoms with Gasteiger partial charge in [-0.25, -0.2) is 0 Å². The summed E-state index contributed by atoms with van der Waals surface area (Å²) in [5, 5.41) is 4.10. The van der Waals surface area contributed by atoms with Crippen LogP contribution in [0.4, 0.5) is 0 Å². The third-order valence-electron chi connectivity index (χ3n) is 4.07. The zero-order chi connectivity index (χ0) is 17.9. The molecule has 5 nitrogen and oxygen atoms in total. The van der Waals surface area contributed by atoms with E-state index in [4.69, 9.17) is 26.1 Å². The maximum absolute atomic E-state index is 5.94. The molecular weight excluding hydrogens is 338 g/mol. The zero-order valence-corrected chi connectivity index (χ0v) is 16.1. The Kier molecular flexibility index (Phi) is 9.08. The van der Waals surface area contributed by atoms with Crippen LogP contribution in [0.25, 0.3) is 0 Å². The highest BCUT2D eigenvalue weighted by Crippen LogP contribution is 2.12. The molecule has 1 unspecified atom stereocenters. The molecule has 0 radical (unpaired) electrons. The highest BCUT2D eigenvalue weighted by molar-refractivity contribution is 6.30. The molecule has 0 spiro atoms. The SMILES string of the molecule is CCNC(=NCCCOCC1CCCO1)N(C)Cc1ccc(Cl)cc1. The molecule has 1 heterocycles. The first-order chi connectivity index (χ1) is 12.2. The molecule has 0 aromatic heterocycles. The van der Waals surface area contributed by atoms with Crippen LogP contribution in [-0.2, 0) is 16.0 Å². The molecule has 1 aromatic carbocycles. The fraction of sp³-hybridized carbons (Fsp3) is 0.632. The summed E-state index contributed by atoms with van der Waals surface area (Å²) < 4.78 is 11.2. The smallest absolute Gasteiger partial charge is 0.193 e. The van der Waals surface area contributed by atoms with Crippen LogP contribution < -0.4 is 5.32 Å². The maximum atomic E-state index is 5.94. The van der Waals surface area contributed by atoms with Gasteiger partial charge in [-0.15, -0.1) is 0 Å². The van der Waals surface area contributed by atoms with Crippen LogP contribution in [0.2, 0.25) is 5.02 Å². The summed E-state index contributed by atoms with van der Waals surface area (Å²) in [5.41, 5.74) is 1.21. The van der Waals surface area contributed by atoms with Gasteiger partial charge in [-0.3, -0.25) is 4.99 Å². The molecule has 1 aliphatic rings. The molecule has 1 fully saturated rings. The molecule has 0 bridgehead atoms. The van der Waals surface area contributed by atoms with Crippen molar-refractivity contribution in [2.75, 3.05) is 40.0 Å². The number of ether oxygens (including phenoxy) is 2. The Balaban J connectivity index is 1.71. The minimum Gasteiger partial charge on any atom is -0.379 e. The molecule has 0 amide bonds. The molecule has 1 aliphatic heterocycles. The van der Waals surface area contributed by atoms with Gasteiger partial charge in [-0.1, -0.05) is 23.7 Å². The summed E-state index contributed by atoms with van der Waals surface area (Å²) in [6.07, 6.45) is 3.49. The van der Waals surface area contributed by atoms with E-state index in [9.17, 15) is 0 Å². The first-order valence-electron chi connectivity index (χ1n) is 9.12. The molecule has 6 heteroatoms. The zero-order valence-electron chi connectivity index (χ0n) is 15.3. The van der Waals surface area contributed by atoms with E-state index in [0.29, 0.717) is 12.7 Å². The Morgan fingerprint density at radius 1 is 1.40 bits per heavy atom. The Bertz CT molecular complexity index is 516. The number of benzene rings is 1. The van der Waals surface area contributed by atoms with Gasteiger partial charge < -0.3 is 19.7 Å². The van der Waals surface area contributed by atoms with Crippen molar-refractivity contribution in [1.29, 1.82) is 0 Å². The topological polar surface area (TPSA) is 46.1 Å². The van der Waals surface area contributed by atoms with Gasteiger partial charge in [0.05, 0.1) is 12.7 Å². The number of aliphatic imine (C=N–C) groups is 1. The standard InChI is InChI=1S/C19H30ClN3O2/c1-3-21-19(23(2)14-16-7-9-17(20)10-8-16)22-11-5-12-24-15-18-6-4-13-25-18/h7-10,18H,3-6,11-15H2,1-2H3,(H,21,22). The number of halogens is 1. The highest BCUT2D eigenvalue weighted by atomic mass is 35.5. The number of nitrogens with one attached hydrogen (secondary N) is 1. The monoisotopic (exact) mass is 367 g/mol. The summed E-state index contributed by atoms with van der Waals surface area (Å²) in [7, 11) is 2.05. The highest BCUT2D eigenvalue weighted by Gasteiger charge is 2.14. The van der Waals surface area contributed by atoms with Gasteiger partial charge in [0.25, 0.3) is 0 Å². The molecule has 0 aliphatic carbocycles. The first kappa shape index (κ1) is 20.0. The van der Waals surface area contributed by atoms with Gasteiger partial charge >= 0.3 is 0 Å². The molecule has 25 heavy (non-hydrogen) atoms. The number of rotatable bonds is 9.